The normalized spacial score (nSPS) is 26.7. The number of aliphatic carboxylic acids is 1. The largest absolute Gasteiger partial charge is 0.481 e. The predicted molar refractivity (Wildman–Crippen MR) is 67.0 cm³/mol. The van der Waals surface area contributed by atoms with Gasteiger partial charge in [0.25, 0.3) is 0 Å². The van der Waals surface area contributed by atoms with Gasteiger partial charge in [0, 0.05) is 12.6 Å². The van der Waals surface area contributed by atoms with Crippen molar-refractivity contribution in [3.63, 3.8) is 0 Å². The van der Waals surface area contributed by atoms with Crippen LogP contribution in [0.5, 0.6) is 0 Å². The minimum Gasteiger partial charge on any atom is -0.481 e. The van der Waals surface area contributed by atoms with E-state index >= 15 is 0 Å². The molecule has 4 heteroatoms. The van der Waals surface area contributed by atoms with Crippen LogP contribution in [0.3, 0.4) is 0 Å². The summed E-state index contributed by atoms with van der Waals surface area (Å²) in [6.07, 6.45) is 4.09. The second-order valence-corrected chi connectivity index (χ2v) is 4.96. The molecule has 0 aromatic rings. The van der Waals surface area contributed by atoms with Gasteiger partial charge in [-0.3, -0.25) is 4.79 Å². The van der Waals surface area contributed by atoms with Crippen LogP contribution in [0.4, 0.5) is 0 Å². The first kappa shape index (κ1) is 14.5. The molecule has 1 aliphatic carbocycles. The monoisotopic (exact) mass is 243 g/mol. The third-order valence-electron chi connectivity index (χ3n) is 3.53. The number of ether oxygens (including phenoxy) is 1. The maximum absolute atomic E-state index is 11.1. The summed E-state index contributed by atoms with van der Waals surface area (Å²) in [5.41, 5.74) is 0. The van der Waals surface area contributed by atoms with Crippen molar-refractivity contribution in [3.05, 3.63) is 0 Å². The van der Waals surface area contributed by atoms with Crippen LogP contribution in [0.2, 0.25) is 0 Å². The molecule has 0 aromatic heterocycles. The van der Waals surface area contributed by atoms with Crippen molar-refractivity contribution in [1.29, 1.82) is 0 Å². The minimum atomic E-state index is -0.631. The zero-order valence-electron chi connectivity index (χ0n) is 10.9. The average molecular weight is 243 g/mol. The van der Waals surface area contributed by atoms with E-state index in [9.17, 15) is 4.79 Å². The molecule has 17 heavy (non-hydrogen) atoms. The first-order valence-corrected chi connectivity index (χ1v) is 6.69. The lowest BCUT2D eigenvalue weighted by Gasteiger charge is -2.29. The van der Waals surface area contributed by atoms with Crippen LogP contribution < -0.4 is 5.32 Å². The van der Waals surface area contributed by atoms with E-state index in [1.54, 1.807) is 0 Å². The Morgan fingerprint density at radius 2 is 2.18 bits per heavy atom. The molecule has 0 radical (unpaired) electrons. The Balaban J connectivity index is 2.30. The standard InChI is InChI=1S/C13H25NO3/c1-3-17-9-10(2)14-8-11-6-4-5-7-12(11)13(15)16/h10-12,14H,3-9H2,1-2H3,(H,15,16). The summed E-state index contributed by atoms with van der Waals surface area (Å²) in [5.74, 6) is -0.505. The molecule has 1 saturated carbocycles. The fraction of sp³-hybridized carbons (Fsp3) is 0.923. The highest BCUT2D eigenvalue weighted by atomic mass is 16.5. The summed E-state index contributed by atoms with van der Waals surface area (Å²) in [7, 11) is 0. The van der Waals surface area contributed by atoms with Gasteiger partial charge in [-0.05, 0) is 39.2 Å². The van der Waals surface area contributed by atoms with Crippen molar-refractivity contribution in [1.82, 2.24) is 5.32 Å². The van der Waals surface area contributed by atoms with Gasteiger partial charge in [-0.1, -0.05) is 12.8 Å². The fourth-order valence-electron chi connectivity index (χ4n) is 2.48. The number of hydrogen-bond donors (Lipinski definition) is 2. The Kier molecular flexibility index (Phi) is 6.52. The lowest BCUT2D eigenvalue weighted by atomic mass is 9.79. The molecule has 0 bridgehead atoms. The summed E-state index contributed by atoms with van der Waals surface area (Å²) in [4.78, 5) is 11.1. The van der Waals surface area contributed by atoms with Gasteiger partial charge in [0.1, 0.15) is 0 Å². The molecular formula is C13H25NO3. The SMILES string of the molecule is CCOCC(C)NCC1CCCCC1C(=O)O. The second-order valence-electron chi connectivity index (χ2n) is 4.96. The molecule has 3 unspecified atom stereocenters. The van der Waals surface area contributed by atoms with Crippen molar-refractivity contribution >= 4 is 5.97 Å². The molecule has 0 spiro atoms. The third-order valence-corrected chi connectivity index (χ3v) is 3.53. The number of hydrogen-bond acceptors (Lipinski definition) is 3. The lowest BCUT2D eigenvalue weighted by molar-refractivity contribution is -0.144. The number of carboxylic acids is 1. The summed E-state index contributed by atoms with van der Waals surface area (Å²) < 4.78 is 5.33. The first-order chi connectivity index (χ1) is 8.15. The third kappa shape index (κ3) is 5.04. The Labute approximate surface area is 104 Å². The van der Waals surface area contributed by atoms with Gasteiger partial charge in [-0.2, -0.15) is 0 Å². The zero-order chi connectivity index (χ0) is 12.7. The van der Waals surface area contributed by atoms with Crippen LogP contribution in [-0.4, -0.2) is 36.9 Å². The zero-order valence-corrected chi connectivity index (χ0v) is 10.9. The summed E-state index contributed by atoms with van der Waals surface area (Å²) in [6.45, 7) is 6.28. The van der Waals surface area contributed by atoms with E-state index in [4.69, 9.17) is 9.84 Å². The van der Waals surface area contributed by atoms with E-state index < -0.39 is 5.97 Å². The van der Waals surface area contributed by atoms with E-state index in [1.165, 1.54) is 0 Å². The molecule has 1 fully saturated rings. The van der Waals surface area contributed by atoms with Crippen LogP contribution in [0.1, 0.15) is 39.5 Å². The molecule has 1 rings (SSSR count). The Bertz CT molecular complexity index is 233. The van der Waals surface area contributed by atoms with Gasteiger partial charge in [0.2, 0.25) is 0 Å². The van der Waals surface area contributed by atoms with Crippen LogP contribution in [0, 0.1) is 11.8 Å². The molecular weight excluding hydrogens is 218 g/mol. The second kappa shape index (κ2) is 7.67. The average Bonchev–Trinajstić information content (AvgIpc) is 2.34. The molecule has 0 saturated heterocycles. The van der Waals surface area contributed by atoms with E-state index in [1.807, 2.05) is 6.92 Å². The van der Waals surface area contributed by atoms with Crippen molar-refractivity contribution in [3.8, 4) is 0 Å². The lowest BCUT2D eigenvalue weighted by Crippen LogP contribution is -2.39. The molecule has 0 amide bonds. The molecule has 0 heterocycles. The molecule has 2 N–H and O–H groups in total. The van der Waals surface area contributed by atoms with Gasteiger partial charge in [0.15, 0.2) is 0 Å². The molecule has 100 valence electrons. The van der Waals surface area contributed by atoms with Crippen LogP contribution in [0.25, 0.3) is 0 Å². The Morgan fingerprint density at radius 1 is 1.47 bits per heavy atom. The highest BCUT2D eigenvalue weighted by molar-refractivity contribution is 5.70. The van der Waals surface area contributed by atoms with Crippen LogP contribution in [0.15, 0.2) is 0 Å². The van der Waals surface area contributed by atoms with Crippen molar-refractivity contribution < 1.29 is 14.6 Å². The molecule has 3 atom stereocenters. The Morgan fingerprint density at radius 3 is 2.82 bits per heavy atom. The molecule has 0 aromatic carbocycles. The fourth-order valence-corrected chi connectivity index (χ4v) is 2.48. The van der Waals surface area contributed by atoms with E-state index in [-0.39, 0.29) is 11.8 Å². The highest BCUT2D eigenvalue weighted by Crippen LogP contribution is 2.29. The summed E-state index contributed by atoms with van der Waals surface area (Å²) in [6, 6.07) is 0.298. The summed E-state index contributed by atoms with van der Waals surface area (Å²) in [5, 5.41) is 12.5. The van der Waals surface area contributed by atoms with Crippen molar-refractivity contribution in [2.45, 2.75) is 45.6 Å². The van der Waals surface area contributed by atoms with Crippen molar-refractivity contribution in [2.75, 3.05) is 19.8 Å². The van der Waals surface area contributed by atoms with Gasteiger partial charge >= 0.3 is 5.97 Å². The van der Waals surface area contributed by atoms with Gasteiger partial charge in [-0.25, -0.2) is 0 Å². The van der Waals surface area contributed by atoms with Gasteiger partial charge < -0.3 is 15.2 Å². The van der Waals surface area contributed by atoms with E-state index in [2.05, 4.69) is 12.2 Å². The molecule has 1 aliphatic rings. The number of carbonyl (C=O) groups is 1. The van der Waals surface area contributed by atoms with Crippen LogP contribution in [-0.2, 0) is 9.53 Å². The number of rotatable bonds is 7. The first-order valence-electron chi connectivity index (χ1n) is 6.69. The molecule has 4 nitrogen and oxygen atoms in total. The number of carboxylic acid groups (broad SMARTS) is 1. The smallest absolute Gasteiger partial charge is 0.306 e. The van der Waals surface area contributed by atoms with E-state index in [0.717, 1.165) is 38.8 Å². The van der Waals surface area contributed by atoms with Crippen molar-refractivity contribution in [2.24, 2.45) is 11.8 Å². The Hall–Kier alpha value is -0.610. The maximum Gasteiger partial charge on any atom is 0.306 e. The maximum atomic E-state index is 11.1. The van der Waals surface area contributed by atoms with Gasteiger partial charge in [-0.15, -0.1) is 0 Å². The van der Waals surface area contributed by atoms with Gasteiger partial charge in [0.05, 0.1) is 12.5 Å². The predicted octanol–water partition coefficient (Wildman–Crippen LogP) is 1.89. The quantitative estimate of drug-likeness (QED) is 0.717. The minimum absolute atomic E-state index is 0.157. The van der Waals surface area contributed by atoms with Crippen LogP contribution >= 0.6 is 0 Å². The summed E-state index contributed by atoms with van der Waals surface area (Å²) >= 11 is 0. The number of nitrogens with one attached hydrogen (secondary N) is 1. The molecule has 0 aliphatic heterocycles. The van der Waals surface area contributed by atoms with E-state index in [0.29, 0.717) is 12.6 Å². The topological polar surface area (TPSA) is 58.6 Å². The highest BCUT2D eigenvalue weighted by Gasteiger charge is 2.30.